The molecule has 2 heterocycles. The molecule has 0 amide bonds. The van der Waals surface area contributed by atoms with Gasteiger partial charge in [0.1, 0.15) is 0 Å². The molecule has 0 saturated carbocycles. The summed E-state index contributed by atoms with van der Waals surface area (Å²) in [5, 5.41) is 3.34. The molecule has 0 radical (unpaired) electrons. The Balaban J connectivity index is 1.75. The van der Waals surface area contributed by atoms with Crippen LogP contribution in [0.2, 0.25) is 0 Å². The zero-order chi connectivity index (χ0) is 13.2. The van der Waals surface area contributed by atoms with Gasteiger partial charge in [-0.05, 0) is 35.6 Å². The van der Waals surface area contributed by atoms with Gasteiger partial charge in [-0.3, -0.25) is 4.90 Å². The Morgan fingerprint density at radius 2 is 1.84 bits per heavy atom. The highest BCUT2D eigenvalue weighted by molar-refractivity contribution is 5.48. The Morgan fingerprint density at radius 3 is 2.42 bits per heavy atom. The molecule has 2 aliphatic rings. The van der Waals surface area contributed by atoms with Crippen molar-refractivity contribution in [2.45, 2.75) is 13.0 Å². The molecule has 1 aromatic rings. The first kappa shape index (κ1) is 12.8. The fourth-order valence-electron chi connectivity index (χ4n) is 2.94. The molecule has 104 valence electrons. The maximum Gasteiger partial charge on any atom is 0.161 e. The van der Waals surface area contributed by atoms with E-state index >= 15 is 0 Å². The van der Waals surface area contributed by atoms with Crippen molar-refractivity contribution in [2.24, 2.45) is 5.92 Å². The highest BCUT2D eigenvalue weighted by Crippen LogP contribution is 2.33. The van der Waals surface area contributed by atoms with Crippen LogP contribution in [0.4, 0.5) is 0 Å². The summed E-state index contributed by atoms with van der Waals surface area (Å²) in [5.41, 5.74) is 2.79. The summed E-state index contributed by atoms with van der Waals surface area (Å²) in [4.78, 5) is 2.56. The Morgan fingerprint density at radius 1 is 1.16 bits per heavy atom. The third-order valence-corrected chi connectivity index (χ3v) is 4.18. The van der Waals surface area contributed by atoms with Crippen molar-refractivity contribution >= 4 is 0 Å². The first-order chi connectivity index (χ1) is 9.30. The van der Waals surface area contributed by atoms with E-state index in [0.29, 0.717) is 0 Å². The summed E-state index contributed by atoms with van der Waals surface area (Å²) in [6.45, 7) is 5.75. The molecule has 2 aliphatic heterocycles. The van der Waals surface area contributed by atoms with Gasteiger partial charge < -0.3 is 14.8 Å². The lowest BCUT2D eigenvalue weighted by atomic mass is 9.96. The van der Waals surface area contributed by atoms with E-state index in [1.165, 1.54) is 30.8 Å². The minimum absolute atomic E-state index is 0.835. The quantitative estimate of drug-likeness (QED) is 0.886. The van der Waals surface area contributed by atoms with Crippen LogP contribution in [0, 0.1) is 5.92 Å². The van der Waals surface area contributed by atoms with Gasteiger partial charge >= 0.3 is 0 Å². The fraction of sp³-hybridized carbons (Fsp3) is 0.600. The summed E-state index contributed by atoms with van der Waals surface area (Å²) >= 11 is 0. The number of hydrogen-bond donors (Lipinski definition) is 1. The Hall–Kier alpha value is -1.26. The topological polar surface area (TPSA) is 33.7 Å². The Bertz CT molecular complexity index is 458. The lowest BCUT2D eigenvalue weighted by Crippen LogP contribution is -2.49. The molecule has 1 N–H and O–H groups in total. The van der Waals surface area contributed by atoms with Crippen LogP contribution in [0.15, 0.2) is 12.1 Å². The second kappa shape index (κ2) is 5.39. The fourth-order valence-corrected chi connectivity index (χ4v) is 2.94. The first-order valence-corrected chi connectivity index (χ1v) is 6.97. The average molecular weight is 262 g/mol. The third kappa shape index (κ3) is 2.55. The van der Waals surface area contributed by atoms with E-state index in [1.807, 2.05) is 0 Å². The van der Waals surface area contributed by atoms with Crippen LogP contribution in [0.1, 0.15) is 11.1 Å². The standard InChI is InChI=1S/C15H22N2O2/c1-18-14-5-12-3-4-17(9-11-7-16-8-11)10-13(12)6-15(14)19-2/h5-6,11,16H,3-4,7-10H2,1-2H3. The molecule has 4 heteroatoms. The van der Waals surface area contributed by atoms with Gasteiger partial charge in [0.05, 0.1) is 14.2 Å². The van der Waals surface area contributed by atoms with E-state index in [4.69, 9.17) is 9.47 Å². The predicted molar refractivity (Wildman–Crippen MR) is 74.9 cm³/mol. The van der Waals surface area contributed by atoms with Crippen molar-refractivity contribution in [3.63, 3.8) is 0 Å². The molecule has 0 spiro atoms. The van der Waals surface area contributed by atoms with Gasteiger partial charge in [0, 0.05) is 32.7 Å². The number of ether oxygens (including phenoxy) is 2. The minimum Gasteiger partial charge on any atom is -0.493 e. The van der Waals surface area contributed by atoms with Crippen molar-refractivity contribution in [2.75, 3.05) is 40.4 Å². The second-order valence-corrected chi connectivity index (χ2v) is 5.49. The molecule has 4 nitrogen and oxygen atoms in total. The van der Waals surface area contributed by atoms with Crippen molar-refractivity contribution in [3.8, 4) is 11.5 Å². The molecule has 0 bridgehead atoms. The number of hydrogen-bond acceptors (Lipinski definition) is 4. The van der Waals surface area contributed by atoms with Crippen LogP contribution in [0.5, 0.6) is 11.5 Å². The van der Waals surface area contributed by atoms with Gasteiger partial charge in [0.25, 0.3) is 0 Å². The van der Waals surface area contributed by atoms with Crippen LogP contribution in [-0.4, -0.2) is 45.3 Å². The highest BCUT2D eigenvalue weighted by Gasteiger charge is 2.24. The lowest BCUT2D eigenvalue weighted by Gasteiger charge is -2.36. The predicted octanol–water partition coefficient (Wildman–Crippen LogP) is 1.28. The monoisotopic (exact) mass is 262 g/mol. The minimum atomic E-state index is 0.835. The number of methoxy groups -OCH3 is 2. The van der Waals surface area contributed by atoms with Crippen LogP contribution in [-0.2, 0) is 13.0 Å². The summed E-state index contributed by atoms with van der Waals surface area (Å²) < 4.78 is 10.8. The van der Waals surface area contributed by atoms with Crippen LogP contribution >= 0.6 is 0 Å². The van der Waals surface area contributed by atoms with Gasteiger partial charge in [0.2, 0.25) is 0 Å². The van der Waals surface area contributed by atoms with Gasteiger partial charge in [-0.1, -0.05) is 0 Å². The number of fused-ring (bicyclic) bond motifs is 1. The first-order valence-electron chi connectivity index (χ1n) is 6.97. The van der Waals surface area contributed by atoms with Crippen molar-refractivity contribution in [1.29, 1.82) is 0 Å². The number of nitrogens with zero attached hydrogens (tertiary/aromatic N) is 1. The van der Waals surface area contributed by atoms with E-state index in [9.17, 15) is 0 Å². The maximum atomic E-state index is 5.40. The maximum absolute atomic E-state index is 5.40. The SMILES string of the molecule is COc1cc2c(cc1OC)CN(CC1CNC1)CC2. The molecule has 0 aliphatic carbocycles. The van der Waals surface area contributed by atoms with E-state index in [2.05, 4.69) is 22.3 Å². The molecular weight excluding hydrogens is 240 g/mol. The van der Waals surface area contributed by atoms with E-state index in [1.54, 1.807) is 14.2 Å². The zero-order valence-electron chi connectivity index (χ0n) is 11.7. The zero-order valence-corrected chi connectivity index (χ0v) is 11.7. The highest BCUT2D eigenvalue weighted by atomic mass is 16.5. The van der Waals surface area contributed by atoms with Crippen molar-refractivity contribution in [1.82, 2.24) is 10.2 Å². The number of benzene rings is 1. The molecule has 0 unspecified atom stereocenters. The van der Waals surface area contributed by atoms with Crippen molar-refractivity contribution in [3.05, 3.63) is 23.3 Å². The molecule has 1 saturated heterocycles. The van der Waals surface area contributed by atoms with Gasteiger partial charge in [-0.15, -0.1) is 0 Å². The summed E-state index contributed by atoms with van der Waals surface area (Å²) in [6.07, 6.45) is 1.11. The molecular formula is C15H22N2O2. The molecule has 0 aromatic heterocycles. The van der Waals surface area contributed by atoms with Crippen LogP contribution in [0.3, 0.4) is 0 Å². The lowest BCUT2D eigenvalue weighted by molar-refractivity contribution is 0.179. The average Bonchev–Trinajstić information content (AvgIpc) is 2.41. The van der Waals surface area contributed by atoms with Crippen molar-refractivity contribution < 1.29 is 9.47 Å². The summed E-state index contributed by atoms with van der Waals surface area (Å²) in [7, 11) is 3.40. The number of nitrogens with one attached hydrogen (secondary N) is 1. The molecule has 1 fully saturated rings. The number of rotatable bonds is 4. The molecule has 1 aromatic carbocycles. The van der Waals surface area contributed by atoms with E-state index in [0.717, 1.165) is 36.9 Å². The Labute approximate surface area is 114 Å². The summed E-state index contributed by atoms with van der Waals surface area (Å²) in [6, 6.07) is 4.27. The summed E-state index contributed by atoms with van der Waals surface area (Å²) in [5.74, 6) is 2.52. The van der Waals surface area contributed by atoms with Crippen LogP contribution in [0.25, 0.3) is 0 Å². The van der Waals surface area contributed by atoms with Gasteiger partial charge in [-0.25, -0.2) is 0 Å². The largest absolute Gasteiger partial charge is 0.493 e. The van der Waals surface area contributed by atoms with Gasteiger partial charge in [-0.2, -0.15) is 0 Å². The smallest absolute Gasteiger partial charge is 0.161 e. The van der Waals surface area contributed by atoms with E-state index < -0.39 is 0 Å². The normalized spacial score (nSPS) is 19.7. The third-order valence-electron chi connectivity index (χ3n) is 4.18. The molecule has 19 heavy (non-hydrogen) atoms. The Kier molecular flexibility index (Phi) is 3.62. The van der Waals surface area contributed by atoms with Gasteiger partial charge in [0.15, 0.2) is 11.5 Å². The van der Waals surface area contributed by atoms with Crippen LogP contribution < -0.4 is 14.8 Å². The molecule has 3 rings (SSSR count). The molecule has 0 atom stereocenters. The van der Waals surface area contributed by atoms with E-state index in [-0.39, 0.29) is 0 Å². The second-order valence-electron chi connectivity index (χ2n) is 5.49.